The molecule has 2 unspecified atom stereocenters. The van der Waals surface area contributed by atoms with Gasteiger partial charge in [-0.25, -0.2) is 0 Å². The summed E-state index contributed by atoms with van der Waals surface area (Å²) in [5.41, 5.74) is -0.528. The Bertz CT molecular complexity index is 493. The van der Waals surface area contributed by atoms with Gasteiger partial charge in [0.1, 0.15) is 17.0 Å². The molecule has 1 aliphatic rings. The third-order valence-corrected chi connectivity index (χ3v) is 3.42. The van der Waals surface area contributed by atoms with Crippen LogP contribution in [0, 0.1) is 11.3 Å². The van der Waals surface area contributed by atoms with E-state index in [9.17, 15) is 5.26 Å². The fourth-order valence-electron chi connectivity index (χ4n) is 2.34. The molecule has 0 bridgehead atoms. The maximum atomic E-state index is 9.37. The van der Waals surface area contributed by atoms with Crippen molar-refractivity contribution in [3.05, 3.63) is 24.3 Å². The van der Waals surface area contributed by atoms with Gasteiger partial charge in [0.15, 0.2) is 0 Å². The van der Waals surface area contributed by atoms with Crippen molar-refractivity contribution in [3.8, 4) is 17.6 Å². The van der Waals surface area contributed by atoms with Gasteiger partial charge in [-0.15, -0.1) is 0 Å². The highest BCUT2D eigenvalue weighted by atomic mass is 16.5. The number of nitriles is 1. The molecule has 1 aromatic carbocycles. The van der Waals surface area contributed by atoms with E-state index in [4.69, 9.17) is 9.47 Å². The van der Waals surface area contributed by atoms with Gasteiger partial charge in [0.2, 0.25) is 0 Å². The van der Waals surface area contributed by atoms with Gasteiger partial charge in [0, 0.05) is 18.5 Å². The normalized spacial score (nSPS) is 18.7. The van der Waals surface area contributed by atoms with E-state index in [1.807, 2.05) is 38.1 Å². The highest BCUT2D eigenvalue weighted by Gasteiger charge is 2.34. The van der Waals surface area contributed by atoms with E-state index in [0.717, 1.165) is 11.5 Å². The molecule has 4 heteroatoms. The maximum absolute atomic E-state index is 9.37. The first kappa shape index (κ1) is 14.7. The van der Waals surface area contributed by atoms with E-state index < -0.39 is 5.54 Å². The van der Waals surface area contributed by atoms with E-state index in [-0.39, 0.29) is 6.10 Å². The van der Waals surface area contributed by atoms with Gasteiger partial charge in [0.25, 0.3) is 0 Å². The Morgan fingerprint density at radius 3 is 2.75 bits per heavy atom. The second kappa shape index (κ2) is 6.15. The highest BCUT2D eigenvalue weighted by molar-refractivity contribution is 5.33. The second-order valence-corrected chi connectivity index (χ2v) is 5.67. The molecule has 1 saturated carbocycles. The van der Waals surface area contributed by atoms with Gasteiger partial charge in [-0.05, 0) is 38.8 Å². The van der Waals surface area contributed by atoms with Crippen LogP contribution in [0.1, 0.15) is 33.1 Å². The minimum absolute atomic E-state index is 0.0435. The number of methoxy groups -OCH3 is 1. The first-order valence-corrected chi connectivity index (χ1v) is 7.04. The van der Waals surface area contributed by atoms with Crippen LogP contribution in [0.15, 0.2) is 24.3 Å². The summed E-state index contributed by atoms with van der Waals surface area (Å²) < 4.78 is 11.1. The van der Waals surface area contributed by atoms with Crippen LogP contribution in [0.4, 0.5) is 0 Å². The summed E-state index contributed by atoms with van der Waals surface area (Å²) in [4.78, 5) is 0. The molecule has 0 spiro atoms. The zero-order valence-corrected chi connectivity index (χ0v) is 12.3. The average molecular weight is 274 g/mol. The molecule has 1 aromatic rings. The zero-order chi connectivity index (χ0) is 14.6. The fourth-order valence-corrected chi connectivity index (χ4v) is 2.34. The van der Waals surface area contributed by atoms with E-state index in [1.165, 1.54) is 12.8 Å². The quantitative estimate of drug-likeness (QED) is 0.830. The molecule has 0 amide bonds. The highest BCUT2D eigenvalue weighted by Crippen LogP contribution is 2.26. The summed E-state index contributed by atoms with van der Waals surface area (Å²) in [6.07, 6.45) is 2.94. The van der Waals surface area contributed by atoms with E-state index in [0.29, 0.717) is 12.5 Å². The summed E-state index contributed by atoms with van der Waals surface area (Å²) in [6.45, 7) is 3.93. The summed E-state index contributed by atoms with van der Waals surface area (Å²) in [5, 5.41) is 12.8. The molecule has 0 heterocycles. The number of hydrogen-bond donors (Lipinski definition) is 1. The monoisotopic (exact) mass is 274 g/mol. The average Bonchev–Trinajstić information content (AvgIpc) is 3.22. The Hall–Kier alpha value is -1.73. The second-order valence-electron chi connectivity index (χ2n) is 5.67. The van der Waals surface area contributed by atoms with Gasteiger partial charge in [-0.1, -0.05) is 6.07 Å². The molecule has 108 valence electrons. The van der Waals surface area contributed by atoms with Crippen molar-refractivity contribution in [1.29, 1.82) is 5.26 Å². The van der Waals surface area contributed by atoms with Crippen molar-refractivity contribution >= 4 is 0 Å². The van der Waals surface area contributed by atoms with Crippen LogP contribution in [0.25, 0.3) is 0 Å². The van der Waals surface area contributed by atoms with Gasteiger partial charge < -0.3 is 9.47 Å². The Morgan fingerprint density at radius 2 is 2.15 bits per heavy atom. The first-order valence-electron chi connectivity index (χ1n) is 7.04. The third kappa shape index (κ3) is 4.14. The number of ether oxygens (including phenoxy) is 2. The van der Waals surface area contributed by atoms with Crippen molar-refractivity contribution in [1.82, 2.24) is 5.32 Å². The van der Waals surface area contributed by atoms with Gasteiger partial charge in [0.05, 0.1) is 19.3 Å². The number of nitrogens with zero attached hydrogens (tertiary/aromatic N) is 1. The molecule has 0 radical (unpaired) electrons. The maximum Gasteiger partial charge on any atom is 0.123 e. The van der Waals surface area contributed by atoms with Crippen LogP contribution in [-0.2, 0) is 0 Å². The summed E-state index contributed by atoms with van der Waals surface area (Å²) in [5.74, 6) is 1.54. The van der Waals surface area contributed by atoms with Crippen molar-refractivity contribution in [3.63, 3.8) is 0 Å². The standard InChI is InChI=1S/C16H22N2O2/c1-12(10-16(2,11-17)18-13-7-8-13)20-15-6-4-5-14(9-15)19-3/h4-6,9,12-13,18H,7-8,10H2,1-3H3. The Kier molecular flexibility index (Phi) is 4.51. The molecule has 1 N–H and O–H groups in total. The molecule has 1 aliphatic carbocycles. The van der Waals surface area contributed by atoms with Gasteiger partial charge in [-0.2, -0.15) is 5.26 Å². The van der Waals surface area contributed by atoms with Crippen LogP contribution in [0.5, 0.6) is 11.5 Å². The molecule has 4 nitrogen and oxygen atoms in total. The summed E-state index contributed by atoms with van der Waals surface area (Å²) >= 11 is 0. The van der Waals surface area contributed by atoms with Crippen LogP contribution in [0.3, 0.4) is 0 Å². The molecule has 0 aliphatic heterocycles. The molecular weight excluding hydrogens is 252 g/mol. The lowest BCUT2D eigenvalue weighted by molar-refractivity contribution is 0.178. The van der Waals surface area contributed by atoms with E-state index >= 15 is 0 Å². The van der Waals surface area contributed by atoms with E-state index in [2.05, 4.69) is 11.4 Å². The predicted octanol–water partition coefficient (Wildman–Crippen LogP) is 2.89. The smallest absolute Gasteiger partial charge is 0.123 e. The van der Waals surface area contributed by atoms with E-state index in [1.54, 1.807) is 7.11 Å². The first-order chi connectivity index (χ1) is 9.54. The Labute approximate surface area is 120 Å². The minimum Gasteiger partial charge on any atom is -0.497 e. The lowest BCUT2D eigenvalue weighted by atomic mass is 9.96. The van der Waals surface area contributed by atoms with Crippen molar-refractivity contribution < 1.29 is 9.47 Å². The van der Waals surface area contributed by atoms with Gasteiger partial charge in [-0.3, -0.25) is 5.32 Å². The number of hydrogen-bond acceptors (Lipinski definition) is 4. The molecule has 2 rings (SSSR count). The molecule has 0 aromatic heterocycles. The number of nitrogens with one attached hydrogen (secondary N) is 1. The van der Waals surface area contributed by atoms with Crippen LogP contribution < -0.4 is 14.8 Å². The Balaban J connectivity index is 1.93. The third-order valence-electron chi connectivity index (χ3n) is 3.42. The predicted molar refractivity (Wildman–Crippen MR) is 77.9 cm³/mol. The van der Waals surface area contributed by atoms with Crippen molar-refractivity contribution in [2.24, 2.45) is 0 Å². The van der Waals surface area contributed by atoms with Crippen molar-refractivity contribution in [2.45, 2.75) is 50.8 Å². The number of benzene rings is 1. The summed E-state index contributed by atoms with van der Waals surface area (Å²) in [7, 11) is 1.63. The minimum atomic E-state index is -0.528. The molecule has 1 fully saturated rings. The zero-order valence-electron chi connectivity index (χ0n) is 12.3. The molecular formula is C16H22N2O2. The van der Waals surface area contributed by atoms with Crippen molar-refractivity contribution in [2.75, 3.05) is 7.11 Å². The van der Waals surface area contributed by atoms with Crippen LogP contribution in [-0.4, -0.2) is 24.8 Å². The molecule has 0 saturated heterocycles. The number of rotatable bonds is 7. The lowest BCUT2D eigenvalue weighted by Crippen LogP contribution is -2.45. The fraction of sp³-hybridized carbons (Fsp3) is 0.562. The van der Waals surface area contributed by atoms with Crippen LogP contribution >= 0.6 is 0 Å². The molecule has 20 heavy (non-hydrogen) atoms. The lowest BCUT2D eigenvalue weighted by Gasteiger charge is -2.27. The summed E-state index contributed by atoms with van der Waals surface area (Å²) in [6, 6.07) is 10.4. The SMILES string of the molecule is COc1cccc(OC(C)CC(C)(C#N)NC2CC2)c1. The largest absolute Gasteiger partial charge is 0.497 e. The van der Waals surface area contributed by atoms with Gasteiger partial charge >= 0.3 is 0 Å². The van der Waals surface area contributed by atoms with Crippen LogP contribution in [0.2, 0.25) is 0 Å². The Morgan fingerprint density at radius 1 is 1.45 bits per heavy atom. The molecule has 2 atom stereocenters. The topological polar surface area (TPSA) is 54.3 Å².